The van der Waals surface area contributed by atoms with Gasteiger partial charge in [0, 0.05) is 76.6 Å². The third kappa shape index (κ3) is 12.4. The number of benzene rings is 25. The average Bonchev–Trinajstić information content (AvgIpc) is 1.67. The van der Waals surface area contributed by atoms with Crippen molar-refractivity contribution < 1.29 is 4.42 Å². The lowest BCUT2D eigenvalue weighted by Crippen LogP contribution is -1.94. The molecule has 30 rings (SSSR count). The van der Waals surface area contributed by atoms with Crippen molar-refractivity contribution in [3.05, 3.63) is 497 Å². The maximum atomic E-state index is 6.10. The van der Waals surface area contributed by atoms with E-state index in [9.17, 15) is 0 Å². The van der Waals surface area contributed by atoms with Crippen molar-refractivity contribution in [2.75, 3.05) is 0 Å². The molecule has 30 aromatic rings. The molecule has 0 saturated carbocycles. The number of para-hydroxylation sites is 5. The molecule has 5 heteroatoms. The number of hydrogen-bond acceptors (Lipinski definition) is 1. The van der Waals surface area contributed by atoms with Crippen LogP contribution in [0.5, 0.6) is 0 Å². The topological polar surface area (TPSA) is 32.9 Å². The molecule has 5 heterocycles. The van der Waals surface area contributed by atoms with Gasteiger partial charge in [0.05, 0.1) is 44.1 Å². The van der Waals surface area contributed by atoms with Gasteiger partial charge in [0.2, 0.25) is 0 Å². The standard InChI is InChI=1S/C48H30N2.C42H25NO.C42H27N/c1-2-12-33(13-3-1)49-45-20-10-8-18-40(45)42-25-22-32(29-48(42)49)31-23-27-47-44(28-31)41-19-9-11-21-46(41)50(47)34-24-26-39-37-16-5-4-14-35(37)36-15-6-7-17-38(36)43(39)30-34;1-2-11-31-29(9-1)30-10-3-4-12-32(30)36-25-28(19-20-33(31)36)43-39-15-7-5-13-34(39)37-23-26(17-21-40(37)43)27-18-22-42-38(24-27)35-14-6-8-16-41(35)44-42;1-3-11-28(12-4-1)30-19-23-41-39(25-30)40-26-31(29-13-5-2-6-14-29)20-24-42(40)43(41)32-21-22-37-35-17-8-7-15-33(35)34-16-9-10-18-36(34)38(37)27-32/h1-30H;1-25H;1-27H. The fourth-order valence-electron chi connectivity index (χ4n) is 22.8. The molecule has 0 radical (unpaired) electrons. The van der Waals surface area contributed by atoms with Crippen molar-refractivity contribution in [3.8, 4) is 67.3 Å². The van der Waals surface area contributed by atoms with Gasteiger partial charge in [0.1, 0.15) is 11.2 Å². The maximum absolute atomic E-state index is 6.10. The van der Waals surface area contributed by atoms with Crippen LogP contribution >= 0.6 is 0 Å². The number of rotatable bonds is 8. The van der Waals surface area contributed by atoms with E-state index >= 15 is 0 Å². The van der Waals surface area contributed by atoms with E-state index in [0.29, 0.717) is 0 Å². The number of nitrogens with zero attached hydrogens (tertiary/aromatic N) is 4. The fourth-order valence-corrected chi connectivity index (χ4v) is 22.8. The SMILES string of the molecule is c1ccc(-c2ccc3c(c2)c2cc(-c4ccccc4)ccc2n3-c2ccc3c4ccccc4c4ccccc4c3c2)cc1.c1ccc(-n2c3ccccc3c3ccc(-c4ccc5c(c4)c4ccccc4n5-c4ccc5c6ccccc6c6ccccc6c5c4)cc32)cc1.c1ccc2c(c1)oc1ccc(-c3ccc4c(c3)c3ccccc3n4-c3ccc4c5ccccc5c5ccccc5c4c3)cc12. The van der Waals surface area contributed by atoms with E-state index < -0.39 is 0 Å². The third-order valence-electron chi connectivity index (χ3n) is 29.0. The highest BCUT2D eigenvalue weighted by Crippen LogP contribution is 2.47. The smallest absolute Gasteiger partial charge is 0.135 e. The van der Waals surface area contributed by atoms with Crippen molar-refractivity contribution in [2.24, 2.45) is 0 Å². The van der Waals surface area contributed by atoms with Crippen LogP contribution in [-0.2, 0) is 0 Å². The monoisotopic (exact) mass is 1740 g/mol. The van der Waals surface area contributed by atoms with Crippen LogP contribution in [-0.4, -0.2) is 18.3 Å². The van der Waals surface area contributed by atoms with E-state index in [1.54, 1.807) is 0 Å². The molecule has 0 aliphatic rings. The van der Waals surface area contributed by atoms with Crippen molar-refractivity contribution in [1.82, 2.24) is 18.3 Å². The van der Waals surface area contributed by atoms with Crippen molar-refractivity contribution >= 4 is 206 Å². The van der Waals surface area contributed by atoms with Gasteiger partial charge < -0.3 is 22.7 Å². The van der Waals surface area contributed by atoms with E-state index in [1.807, 2.05) is 12.1 Å². The first-order valence-electron chi connectivity index (χ1n) is 47.2. The van der Waals surface area contributed by atoms with Crippen LogP contribution < -0.4 is 0 Å². The van der Waals surface area contributed by atoms with Crippen molar-refractivity contribution in [3.63, 3.8) is 0 Å². The molecule has 0 amide bonds. The second-order valence-corrected chi connectivity index (χ2v) is 36.4. The average molecular weight is 1740 g/mol. The molecular formula is C132H82N4O. The molecule has 5 aromatic heterocycles. The van der Waals surface area contributed by atoms with Gasteiger partial charge in [0.15, 0.2) is 0 Å². The number of furan rings is 1. The van der Waals surface area contributed by atoms with E-state index in [-0.39, 0.29) is 0 Å². The number of hydrogen-bond donors (Lipinski definition) is 0. The summed E-state index contributed by atoms with van der Waals surface area (Å²) in [6.07, 6.45) is 0. The van der Waals surface area contributed by atoms with Gasteiger partial charge in [0.25, 0.3) is 0 Å². The molecule has 0 N–H and O–H groups in total. The minimum atomic E-state index is 0.921. The molecule has 5 nitrogen and oxygen atoms in total. The first-order chi connectivity index (χ1) is 68.0. The van der Waals surface area contributed by atoms with Gasteiger partial charge in [-0.3, -0.25) is 0 Å². The number of aromatic nitrogens is 4. The maximum Gasteiger partial charge on any atom is 0.135 e. The summed E-state index contributed by atoms with van der Waals surface area (Å²) in [6, 6.07) is 181. The molecule has 0 atom stereocenters. The molecule has 0 bridgehead atoms. The summed E-state index contributed by atoms with van der Waals surface area (Å²) in [5.74, 6) is 0. The van der Waals surface area contributed by atoms with E-state index in [4.69, 9.17) is 4.42 Å². The Balaban J connectivity index is 0.000000102. The summed E-state index contributed by atoms with van der Waals surface area (Å²) in [5, 5.41) is 35.6. The van der Waals surface area contributed by atoms with E-state index in [1.165, 1.54) is 251 Å². The third-order valence-corrected chi connectivity index (χ3v) is 29.0. The quantitative estimate of drug-likeness (QED) is 0.140. The molecule has 137 heavy (non-hydrogen) atoms. The fraction of sp³-hybridized carbons (Fsp3) is 0. The first kappa shape index (κ1) is 77.6. The largest absolute Gasteiger partial charge is 0.456 e. The Morgan fingerprint density at radius 2 is 0.321 bits per heavy atom. The Bertz CT molecular complexity index is 10100. The molecule has 0 spiro atoms. The van der Waals surface area contributed by atoms with Crippen molar-refractivity contribution in [2.45, 2.75) is 0 Å². The lowest BCUT2D eigenvalue weighted by Gasteiger charge is -2.14. The second-order valence-electron chi connectivity index (χ2n) is 36.4. The Labute approximate surface area is 787 Å². The highest BCUT2D eigenvalue weighted by Gasteiger charge is 2.24. The van der Waals surface area contributed by atoms with Crippen LogP contribution in [0.1, 0.15) is 0 Å². The van der Waals surface area contributed by atoms with Crippen molar-refractivity contribution in [1.29, 1.82) is 0 Å². The lowest BCUT2D eigenvalue weighted by atomic mass is 9.94. The Kier molecular flexibility index (Phi) is 17.7. The molecule has 0 fully saturated rings. The summed E-state index contributed by atoms with van der Waals surface area (Å²) in [7, 11) is 0. The Morgan fingerprint density at radius 1 is 0.102 bits per heavy atom. The molecular weight excluding hydrogens is 1660 g/mol. The van der Waals surface area contributed by atoms with Crippen LogP contribution in [0.3, 0.4) is 0 Å². The van der Waals surface area contributed by atoms with Crippen LogP contribution in [0, 0.1) is 0 Å². The summed E-state index contributed by atoms with van der Waals surface area (Å²) in [4.78, 5) is 0. The second kappa shape index (κ2) is 31.3. The van der Waals surface area contributed by atoms with Crippen LogP contribution in [0.2, 0.25) is 0 Å². The molecule has 0 unspecified atom stereocenters. The Hall–Kier alpha value is -18.2. The molecule has 25 aromatic carbocycles. The molecule has 0 saturated heterocycles. The zero-order valence-corrected chi connectivity index (χ0v) is 74.5. The first-order valence-corrected chi connectivity index (χ1v) is 47.2. The Morgan fingerprint density at radius 3 is 0.686 bits per heavy atom. The van der Waals surface area contributed by atoms with Gasteiger partial charge in [-0.15, -0.1) is 0 Å². The zero-order chi connectivity index (χ0) is 89.9. The highest BCUT2D eigenvalue weighted by atomic mass is 16.3. The normalized spacial score (nSPS) is 11.9. The van der Waals surface area contributed by atoms with Crippen LogP contribution in [0.4, 0.5) is 0 Å². The molecule has 636 valence electrons. The minimum absolute atomic E-state index is 0.921. The molecule has 0 aliphatic heterocycles. The van der Waals surface area contributed by atoms with Gasteiger partial charge in [-0.2, -0.15) is 0 Å². The van der Waals surface area contributed by atoms with Gasteiger partial charge in [-0.25, -0.2) is 0 Å². The predicted octanol–water partition coefficient (Wildman–Crippen LogP) is 36.4. The van der Waals surface area contributed by atoms with E-state index in [2.05, 4.69) is 504 Å². The summed E-state index contributed by atoms with van der Waals surface area (Å²) < 4.78 is 15.8. The zero-order valence-electron chi connectivity index (χ0n) is 74.5. The minimum Gasteiger partial charge on any atom is -0.456 e. The molecule has 0 aliphatic carbocycles. The summed E-state index contributed by atoms with van der Waals surface area (Å²) >= 11 is 0. The van der Waals surface area contributed by atoms with E-state index in [0.717, 1.165) is 21.9 Å². The highest BCUT2D eigenvalue weighted by molar-refractivity contribution is 6.29. The lowest BCUT2D eigenvalue weighted by molar-refractivity contribution is 0.669. The van der Waals surface area contributed by atoms with Gasteiger partial charge >= 0.3 is 0 Å². The number of fused-ring (bicyclic) bond motifs is 33. The predicted molar refractivity (Wildman–Crippen MR) is 583 cm³/mol. The summed E-state index contributed by atoms with van der Waals surface area (Å²) in [5.41, 5.74) is 26.0. The summed E-state index contributed by atoms with van der Waals surface area (Å²) in [6.45, 7) is 0. The van der Waals surface area contributed by atoms with Gasteiger partial charge in [-0.1, -0.05) is 358 Å². The van der Waals surface area contributed by atoms with Crippen LogP contribution in [0.25, 0.3) is 273 Å². The van der Waals surface area contributed by atoms with Crippen LogP contribution in [0.15, 0.2) is 502 Å². The van der Waals surface area contributed by atoms with Gasteiger partial charge in [-0.05, 0) is 281 Å².